The maximum atomic E-state index is 10.6. The molecule has 1 N–H and O–H groups in total. The molecule has 0 radical (unpaired) electrons. The molecule has 1 aromatic heterocycles. The third kappa shape index (κ3) is 1.69. The summed E-state index contributed by atoms with van der Waals surface area (Å²) in [5, 5.41) is 12.3. The van der Waals surface area contributed by atoms with Crippen LogP contribution < -0.4 is 0 Å². The molecule has 0 saturated heterocycles. The standard InChI is InChI=1S/C7H8N2O3/c1-5(10)4-9-6(7(11)12)2-3-8-9/h2-3H,4H2,1H3,(H,11,12). The Bertz CT molecular complexity index is 316. The summed E-state index contributed by atoms with van der Waals surface area (Å²) < 4.78 is 1.16. The van der Waals surface area contributed by atoms with Crippen molar-refractivity contribution in [3.05, 3.63) is 18.0 Å². The van der Waals surface area contributed by atoms with Gasteiger partial charge in [0.1, 0.15) is 12.2 Å². The smallest absolute Gasteiger partial charge is 0.354 e. The number of aromatic carboxylic acids is 1. The van der Waals surface area contributed by atoms with Crippen LogP contribution in [-0.4, -0.2) is 26.6 Å². The van der Waals surface area contributed by atoms with Gasteiger partial charge in [-0.2, -0.15) is 5.10 Å². The monoisotopic (exact) mass is 168 g/mol. The zero-order chi connectivity index (χ0) is 9.14. The zero-order valence-corrected chi connectivity index (χ0v) is 6.52. The maximum Gasteiger partial charge on any atom is 0.354 e. The van der Waals surface area contributed by atoms with Gasteiger partial charge in [-0.15, -0.1) is 0 Å². The topological polar surface area (TPSA) is 72.2 Å². The lowest BCUT2D eigenvalue weighted by Gasteiger charge is -1.99. The molecule has 0 unspecified atom stereocenters. The third-order valence-corrected chi connectivity index (χ3v) is 1.31. The first kappa shape index (κ1) is 8.45. The van der Waals surface area contributed by atoms with Crippen LogP contribution in [0.25, 0.3) is 0 Å². The van der Waals surface area contributed by atoms with Gasteiger partial charge in [-0.1, -0.05) is 0 Å². The molecule has 64 valence electrons. The van der Waals surface area contributed by atoms with Gasteiger partial charge in [-0.25, -0.2) is 4.79 Å². The summed E-state index contributed by atoms with van der Waals surface area (Å²) >= 11 is 0. The summed E-state index contributed by atoms with van der Waals surface area (Å²) in [5.74, 6) is -1.20. The van der Waals surface area contributed by atoms with Crippen molar-refractivity contribution in [1.82, 2.24) is 9.78 Å². The number of carbonyl (C=O) groups is 2. The van der Waals surface area contributed by atoms with Crippen molar-refractivity contribution in [1.29, 1.82) is 0 Å². The lowest BCUT2D eigenvalue weighted by atomic mass is 10.4. The zero-order valence-electron chi connectivity index (χ0n) is 6.52. The Kier molecular flexibility index (Phi) is 2.23. The second kappa shape index (κ2) is 3.17. The normalized spacial score (nSPS) is 9.75. The van der Waals surface area contributed by atoms with E-state index in [2.05, 4.69) is 5.10 Å². The van der Waals surface area contributed by atoms with E-state index in [1.54, 1.807) is 0 Å². The molecule has 0 aliphatic heterocycles. The minimum Gasteiger partial charge on any atom is -0.477 e. The number of aromatic nitrogens is 2. The Balaban J connectivity index is 2.91. The molecule has 0 aliphatic carbocycles. The average molecular weight is 168 g/mol. The molecule has 0 atom stereocenters. The highest BCUT2D eigenvalue weighted by Crippen LogP contribution is 1.98. The molecule has 0 fully saturated rings. The Labute approximate surface area is 68.6 Å². The van der Waals surface area contributed by atoms with Gasteiger partial charge in [0.2, 0.25) is 0 Å². The van der Waals surface area contributed by atoms with Crippen molar-refractivity contribution in [3.63, 3.8) is 0 Å². The first-order chi connectivity index (χ1) is 5.61. The molecule has 5 heteroatoms. The molecule has 1 aromatic rings. The number of rotatable bonds is 3. The average Bonchev–Trinajstić information content (AvgIpc) is 2.33. The lowest BCUT2D eigenvalue weighted by molar-refractivity contribution is -0.117. The minimum atomic E-state index is -1.08. The number of carboxylic acids is 1. The van der Waals surface area contributed by atoms with Crippen LogP contribution in [0.5, 0.6) is 0 Å². The van der Waals surface area contributed by atoms with E-state index < -0.39 is 5.97 Å². The van der Waals surface area contributed by atoms with Gasteiger partial charge < -0.3 is 5.11 Å². The largest absolute Gasteiger partial charge is 0.477 e. The van der Waals surface area contributed by atoms with E-state index in [4.69, 9.17) is 5.11 Å². The van der Waals surface area contributed by atoms with Crippen LogP contribution in [0.4, 0.5) is 0 Å². The third-order valence-electron chi connectivity index (χ3n) is 1.31. The summed E-state index contributed by atoms with van der Waals surface area (Å²) in [5.41, 5.74) is 0.0326. The van der Waals surface area contributed by atoms with Gasteiger partial charge in [-0.3, -0.25) is 9.48 Å². The van der Waals surface area contributed by atoms with Crippen molar-refractivity contribution in [2.24, 2.45) is 0 Å². The number of carboxylic acid groups (broad SMARTS) is 1. The molecule has 5 nitrogen and oxygen atoms in total. The summed E-state index contributed by atoms with van der Waals surface area (Å²) in [6.45, 7) is 1.39. The predicted octanol–water partition coefficient (Wildman–Crippen LogP) is 0.170. The second-order valence-corrected chi connectivity index (χ2v) is 2.38. The Morgan fingerprint density at radius 2 is 2.33 bits per heavy atom. The van der Waals surface area contributed by atoms with Gasteiger partial charge in [0.05, 0.1) is 0 Å². The molecule has 0 aliphatic rings. The quantitative estimate of drug-likeness (QED) is 0.698. The van der Waals surface area contributed by atoms with Gasteiger partial charge in [0.15, 0.2) is 5.78 Å². The molecule has 0 saturated carbocycles. The highest BCUT2D eigenvalue weighted by Gasteiger charge is 2.10. The summed E-state index contributed by atoms with van der Waals surface area (Å²) in [6.07, 6.45) is 1.35. The first-order valence-electron chi connectivity index (χ1n) is 3.36. The van der Waals surface area contributed by atoms with Gasteiger partial charge in [-0.05, 0) is 13.0 Å². The number of carbonyl (C=O) groups excluding carboxylic acids is 1. The Morgan fingerprint density at radius 3 is 2.83 bits per heavy atom. The first-order valence-corrected chi connectivity index (χ1v) is 3.36. The van der Waals surface area contributed by atoms with Crippen LogP contribution in [-0.2, 0) is 11.3 Å². The van der Waals surface area contributed by atoms with Crippen LogP contribution in [0.3, 0.4) is 0 Å². The molecule has 0 aromatic carbocycles. The molecule has 0 spiro atoms. The van der Waals surface area contributed by atoms with Gasteiger partial charge in [0.25, 0.3) is 0 Å². The van der Waals surface area contributed by atoms with Crippen molar-refractivity contribution in [2.75, 3.05) is 0 Å². The van der Waals surface area contributed by atoms with Crippen molar-refractivity contribution in [3.8, 4) is 0 Å². The SMILES string of the molecule is CC(=O)Cn1nccc1C(=O)O. The highest BCUT2D eigenvalue weighted by molar-refractivity contribution is 5.86. The van der Waals surface area contributed by atoms with E-state index in [1.807, 2.05) is 0 Å². The van der Waals surface area contributed by atoms with E-state index in [0.29, 0.717) is 0 Å². The molecular formula is C7H8N2O3. The number of hydrogen-bond donors (Lipinski definition) is 1. The number of Topliss-reactive ketones (excluding diaryl/α,β-unsaturated/α-hetero) is 1. The Hall–Kier alpha value is -1.65. The fraction of sp³-hybridized carbons (Fsp3) is 0.286. The second-order valence-electron chi connectivity index (χ2n) is 2.38. The van der Waals surface area contributed by atoms with Crippen LogP contribution >= 0.6 is 0 Å². The van der Waals surface area contributed by atoms with Crippen LogP contribution in [0, 0.1) is 0 Å². The van der Waals surface area contributed by atoms with E-state index in [0.717, 1.165) is 4.68 Å². The number of ketones is 1. The number of nitrogens with zero attached hydrogens (tertiary/aromatic N) is 2. The van der Waals surface area contributed by atoms with Gasteiger partial charge in [0, 0.05) is 6.20 Å². The van der Waals surface area contributed by atoms with Gasteiger partial charge >= 0.3 is 5.97 Å². The number of hydrogen-bond acceptors (Lipinski definition) is 3. The van der Waals surface area contributed by atoms with E-state index in [-0.39, 0.29) is 18.0 Å². The van der Waals surface area contributed by atoms with Crippen LogP contribution in [0.2, 0.25) is 0 Å². The van der Waals surface area contributed by atoms with Crippen molar-refractivity contribution >= 4 is 11.8 Å². The highest BCUT2D eigenvalue weighted by atomic mass is 16.4. The Morgan fingerprint density at radius 1 is 1.67 bits per heavy atom. The van der Waals surface area contributed by atoms with Crippen molar-refractivity contribution in [2.45, 2.75) is 13.5 Å². The van der Waals surface area contributed by atoms with Crippen LogP contribution in [0.1, 0.15) is 17.4 Å². The molecule has 0 amide bonds. The molecule has 1 rings (SSSR count). The van der Waals surface area contributed by atoms with Crippen molar-refractivity contribution < 1.29 is 14.7 Å². The molecule has 1 heterocycles. The van der Waals surface area contributed by atoms with E-state index >= 15 is 0 Å². The lowest BCUT2D eigenvalue weighted by Crippen LogP contribution is -2.14. The van der Waals surface area contributed by atoms with E-state index in [1.165, 1.54) is 19.2 Å². The van der Waals surface area contributed by atoms with Crippen LogP contribution in [0.15, 0.2) is 12.3 Å². The fourth-order valence-electron chi connectivity index (χ4n) is 0.851. The summed E-state index contributed by atoms with van der Waals surface area (Å²) in [7, 11) is 0. The minimum absolute atomic E-state index is 0.00856. The molecule has 12 heavy (non-hydrogen) atoms. The van der Waals surface area contributed by atoms with E-state index in [9.17, 15) is 9.59 Å². The predicted molar refractivity (Wildman–Crippen MR) is 39.9 cm³/mol. The summed E-state index contributed by atoms with van der Waals surface area (Å²) in [6, 6.07) is 1.35. The molecular weight excluding hydrogens is 160 g/mol. The summed E-state index contributed by atoms with van der Waals surface area (Å²) in [4.78, 5) is 21.1. The maximum absolute atomic E-state index is 10.6. The molecule has 0 bridgehead atoms. The fourth-order valence-corrected chi connectivity index (χ4v) is 0.851.